The van der Waals surface area contributed by atoms with E-state index in [-0.39, 0.29) is 5.41 Å². The summed E-state index contributed by atoms with van der Waals surface area (Å²) in [5.41, 5.74) is 3.92. The summed E-state index contributed by atoms with van der Waals surface area (Å²) in [6, 6.07) is 5.91. The Labute approximate surface area is 171 Å². The van der Waals surface area contributed by atoms with Crippen molar-refractivity contribution in [1.82, 2.24) is 19.9 Å². The predicted octanol–water partition coefficient (Wildman–Crippen LogP) is 4.47. The number of hydrogen-bond acceptors (Lipinski definition) is 5. The average Bonchev–Trinajstić information content (AvgIpc) is 3.19. The molecular formula is C20H21F3N4O3. The fourth-order valence-electron chi connectivity index (χ4n) is 2.26. The zero-order valence-electron chi connectivity index (χ0n) is 16.8. The van der Waals surface area contributed by atoms with E-state index in [1.807, 2.05) is 30.6 Å². The number of carboxylic acids is 1. The Morgan fingerprint density at radius 2 is 1.73 bits per heavy atom. The van der Waals surface area contributed by atoms with Crippen LogP contribution in [0.5, 0.6) is 5.75 Å². The topological polar surface area (TPSA) is 101 Å². The first-order valence-electron chi connectivity index (χ1n) is 8.73. The van der Waals surface area contributed by atoms with E-state index in [1.54, 1.807) is 19.5 Å². The van der Waals surface area contributed by atoms with Crippen LogP contribution >= 0.6 is 0 Å². The summed E-state index contributed by atoms with van der Waals surface area (Å²) < 4.78 is 37.0. The number of carboxylic acid groups (broad SMARTS) is 1. The van der Waals surface area contributed by atoms with Crippen molar-refractivity contribution in [2.45, 2.75) is 32.4 Å². The van der Waals surface area contributed by atoms with Gasteiger partial charge in [0.2, 0.25) is 0 Å². The van der Waals surface area contributed by atoms with E-state index in [9.17, 15) is 13.2 Å². The number of imidazole rings is 1. The van der Waals surface area contributed by atoms with Crippen LogP contribution < -0.4 is 4.74 Å². The third-order valence-corrected chi connectivity index (χ3v) is 3.91. The lowest BCUT2D eigenvalue weighted by Crippen LogP contribution is -2.21. The predicted molar refractivity (Wildman–Crippen MR) is 104 cm³/mol. The van der Waals surface area contributed by atoms with Gasteiger partial charge < -0.3 is 14.8 Å². The maximum Gasteiger partial charge on any atom is 0.490 e. The fraction of sp³-hybridized carbons (Fsp3) is 0.300. The quantitative estimate of drug-likeness (QED) is 0.646. The number of aromatic amines is 1. The number of pyridine rings is 2. The first-order valence-corrected chi connectivity index (χ1v) is 8.73. The molecule has 0 saturated carbocycles. The largest absolute Gasteiger partial charge is 0.495 e. The van der Waals surface area contributed by atoms with Crippen molar-refractivity contribution in [3.8, 4) is 28.4 Å². The highest BCUT2D eigenvalue weighted by atomic mass is 19.4. The van der Waals surface area contributed by atoms with Gasteiger partial charge in [0, 0.05) is 35.3 Å². The Kier molecular flexibility index (Phi) is 6.81. The lowest BCUT2D eigenvalue weighted by Gasteiger charge is -2.15. The van der Waals surface area contributed by atoms with Crippen LogP contribution in [0.2, 0.25) is 0 Å². The highest BCUT2D eigenvalue weighted by molar-refractivity contribution is 5.73. The molecule has 0 aliphatic heterocycles. The SMILES string of the molecule is COc1cncc(-c2ccnc(-c3ncc(C(C)(C)C)[nH]3)c2)c1.O=C(O)C(F)(F)F. The summed E-state index contributed by atoms with van der Waals surface area (Å²) in [6.45, 7) is 6.45. The first-order chi connectivity index (χ1) is 13.9. The number of nitrogens with zero attached hydrogens (tertiary/aromatic N) is 3. The van der Waals surface area contributed by atoms with Gasteiger partial charge in [0.15, 0.2) is 5.82 Å². The van der Waals surface area contributed by atoms with Gasteiger partial charge in [-0.1, -0.05) is 20.8 Å². The van der Waals surface area contributed by atoms with Crippen molar-refractivity contribution in [2.24, 2.45) is 0 Å². The molecule has 3 aromatic rings. The van der Waals surface area contributed by atoms with Crippen LogP contribution in [0.3, 0.4) is 0 Å². The minimum absolute atomic E-state index is 0.0274. The van der Waals surface area contributed by atoms with Crippen LogP contribution in [-0.4, -0.2) is 44.3 Å². The van der Waals surface area contributed by atoms with Crippen molar-refractivity contribution >= 4 is 5.97 Å². The third kappa shape index (κ3) is 6.03. The smallest absolute Gasteiger partial charge is 0.490 e. The molecule has 2 N–H and O–H groups in total. The normalized spacial score (nSPS) is 11.4. The van der Waals surface area contributed by atoms with Gasteiger partial charge in [0.25, 0.3) is 0 Å². The number of rotatable bonds is 3. The molecule has 0 aliphatic carbocycles. The van der Waals surface area contributed by atoms with Crippen molar-refractivity contribution in [2.75, 3.05) is 7.11 Å². The number of hydrogen-bond donors (Lipinski definition) is 2. The number of ether oxygens (including phenoxy) is 1. The average molecular weight is 422 g/mol. The Hall–Kier alpha value is -3.43. The van der Waals surface area contributed by atoms with Crippen LogP contribution in [0.25, 0.3) is 22.6 Å². The maximum atomic E-state index is 10.6. The van der Waals surface area contributed by atoms with Crippen molar-refractivity contribution in [3.63, 3.8) is 0 Å². The Bertz CT molecular complexity index is 1010. The summed E-state index contributed by atoms with van der Waals surface area (Å²) in [7, 11) is 1.63. The summed E-state index contributed by atoms with van der Waals surface area (Å²) in [5, 5.41) is 7.12. The van der Waals surface area contributed by atoms with Crippen LogP contribution in [0, 0.1) is 0 Å². The molecule has 0 bridgehead atoms. The number of aliphatic carboxylic acids is 1. The number of methoxy groups -OCH3 is 1. The van der Waals surface area contributed by atoms with Crippen LogP contribution in [-0.2, 0) is 10.2 Å². The number of alkyl halides is 3. The van der Waals surface area contributed by atoms with Crippen molar-refractivity contribution in [1.29, 1.82) is 0 Å². The molecule has 0 amide bonds. The molecule has 0 atom stereocenters. The molecule has 7 nitrogen and oxygen atoms in total. The second-order valence-corrected chi connectivity index (χ2v) is 7.24. The second kappa shape index (κ2) is 8.93. The minimum Gasteiger partial charge on any atom is -0.495 e. The highest BCUT2D eigenvalue weighted by Crippen LogP contribution is 2.27. The molecule has 0 radical (unpaired) electrons. The Morgan fingerprint density at radius 3 is 2.27 bits per heavy atom. The van der Waals surface area contributed by atoms with Gasteiger partial charge in [-0.25, -0.2) is 9.78 Å². The molecule has 3 heterocycles. The molecule has 0 fully saturated rings. The molecule has 30 heavy (non-hydrogen) atoms. The van der Waals surface area contributed by atoms with E-state index in [1.165, 1.54) is 0 Å². The second-order valence-electron chi connectivity index (χ2n) is 7.24. The van der Waals surface area contributed by atoms with Gasteiger partial charge in [-0.3, -0.25) is 9.97 Å². The molecular weight excluding hydrogens is 401 g/mol. The highest BCUT2D eigenvalue weighted by Gasteiger charge is 2.38. The zero-order chi connectivity index (χ0) is 22.5. The molecule has 0 unspecified atom stereocenters. The van der Waals surface area contributed by atoms with E-state index < -0.39 is 12.1 Å². The van der Waals surface area contributed by atoms with E-state index in [4.69, 9.17) is 14.6 Å². The van der Waals surface area contributed by atoms with Gasteiger partial charge in [0.05, 0.1) is 13.3 Å². The van der Waals surface area contributed by atoms with E-state index in [0.29, 0.717) is 0 Å². The number of halogens is 3. The number of nitrogens with one attached hydrogen (secondary N) is 1. The van der Waals surface area contributed by atoms with Crippen LogP contribution in [0.15, 0.2) is 43.0 Å². The van der Waals surface area contributed by atoms with Gasteiger partial charge in [0.1, 0.15) is 11.4 Å². The lowest BCUT2D eigenvalue weighted by atomic mass is 9.93. The molecule has 10 heteroatoms. The lowest BCUT2D eigenvalue weighted by molar-refractivity contribution is -0.192. The molecule has 0 aliphatic rings. The standard InChI is InChI=1S/C18H20N4O.C2HF3O2/c1-18(2,3)16-11-21-17(22-16)15-8-12(5-6-20-15)13-7-14(23-4)10-19-9-13;3-2(4,5)1(6)7/h5-11H,1-4H3,(H,21,22);(H,6,7). The fourth-order valence-corrected chi connectivity index (χ4v) is 2.26. The molecule has 0 saturated heterocycles. The molecule has 0 aromatic carbocycles. The van der Waals surface area contributed by atoms with Gasteiger partial charge in [-0.15, -0.1) is 0 Å². The number of aromatic nitrogens is 4. The summed E-state index contributed by atoms with van der Waals surface area (Å²) >= 11 is 0. The number of H-pyrrole nitrogens is 1. The molecule has 3 aromatic heterocycles. The maximum absolute atomic E-state index is 10.6. The summed E-state index contributed by atoms with van der Waals surface area (Å²) in [4.78, 5) is 25.3. The monoisotopic (exact) mass is 422 g/mol. The Balaban J connectivity index is 0.000000396. The van der Waals surface area contributed by atoms with E-state index in [2.05, 4.69) is 40.7 Å². The third-order valence-electron chi connectivity index (χ3n) is 3.91. The summed E-state index contributed by atoms with van der Waals surface area (Å²) in [5.74, 6) is -1.26. The first kappa shape index (κ1) is 22.9. The van der Waals surface area contributed by atoms with Gasteiger partial charge >= 0.3 is 12.1 Å². The zero-order valence-corrected chi connectivity index (χ0v) is 16.8. The van der Waals surface area contributed by atoms with Crippen molar-refractivity contribution < 1.29 is 27.8 Å². The summed E-state index contributed by atoms with van der Waals surface area (Å²) in [6.07, 6.45) is 2.07. The van der Waals surface area contributed by atoms with Gasteiger partial charge in [-0.2, -0.15) is 13.2 Å². The van der Waals surface area contributed by atoms with Crippen LogP contribution in [0.1, 0.15) is 26.5 Å². The molecule has 160 valence electrons. The Morgan fingerprint density at radius 1 is 1.07 bits per heavy atom. The number of carbonyl (C=O) groups is 1. The minimum atomic E-state index is -5.08. The molecule has 0 spiro atoms. The van der Waals surface area contributed by atoms with Crippen molar-refractivity contribution in [3.05, 3.63) is 48.7 Å². The molecule has 3 rings (SSSR count). The van der Waals surface area contributed by atoms with E-state index in [0.717, 1.165) is 34.1 Å². The van der Waals surface area contributed by atoms with Crippen LogP contribution in [0.4, 0.5) is 13.2 Å². The van der Waals surface area contributed by atoms with Gasteiger partial charge in [-0.05, 0) is 23.8 Å². The van der Waals surface area contributed by atoms with E-state index >= 15 is 0 Å².